The number of carbonyl (C=O) groups is 1. The van der Waals surface area contributed by atoms with Crippen LogP contribution >= 0.6 is 0 Å². The minimum Gasteiger partial charge on any atom is -0.462 e. The van der Waals surface area contributed by atoms with Gasteiger partial charge in [-0.2, -0.15) is 8.42 Å². The van der Waals surface area contributed by atoms with Crippen molar-refractivity contribution < 1.29 is 22.1 Å². The van der Waals surface area contributed by atoms with Gasteiger partial charge in [-0.15, -0.1) is 0 Å². The molecule has 6 nitrogen and oxygen atoms in total. The Morgan fingerprint density at radius 2 is 1.77 bits per heavy atom. The number of nitrogens with two attached hydrogens (primary N) is 1. The first kappa shape index (κ1) is 19.9. The number of esters is 1. The summed E-state index contributed by atoms with van der Waals surface area (Å²) in [4.78, 5) is 12.2. The van der Waals surface area contributed by atoms with Gasteiger partial charge in [-0.25, -0.2) is 0 Å². The minimum atomic E-state index is -3.97. The van der Waals surface area contributed by atoms with Crippen molar-refractivity contribution in [2.45, 2.75) is 37.7 Å². The SMILES string of the molecule is Cc1ccc(S(=O)(=O)Oc2cccc(C(CN)C(=O)OC(C)C)c2)cc1. The normalized spacial score (nSPS) is 12.7. The van der Waals surface area contributed by atoms with Crippen LogP contribution in [0.3, 0.4) is 0 Å². The van der Waals surface area contributed by atoms with Gasteiger partial charge in [0, 0.05) is 6.54 Å². The molecule has 1 unspecified atom stereocenters. The van der Waals surface area contributed by atoms with Crippen molar-refractivity contribution in [3.05, 3.63) is 59.7 Å². The van der Waals surface area contributed by atoms with E-state index in [1.165, 1.54) is 24.3 Å². The molecule has 0 aliphatic carbocycles. The van der Waals surface area contributed by atoms with Crippen LogP contribution in [0.15, 0.2) is 53.4 Å². The van der Waals surface area contributed by atoms with E-state index in [1.54, 1.807) is 38.1 Å². The lowest BCUT2D eigenvalue weighted by atomic mass is 9.99. The van der Waals surface area contributed by atoms with Crippen molar-refractivity contribution in [1.82, 2.24) is 0 Å². The van der Waals surface area contributed by atoms with Crippen molar-refractivity contribution in [3.63, 3.8) is 0 Å². The molecular weight excluding hydrogens is 354 g/mol. The maximum atomic E-state index is 12.4. The fourth-order valence-corrected chi connectivity index (χ4v) is 3.27. The van der Waals surface area contributed by atoms with E-state index in [2.05, 4.69) is 0 Å². The summed E-state index contributed by atoms with van der Waals surface area (Å²) in [6.07, 6.45) is -0.266. The number of hydrogen-bond acceptors (Lipinski definition) is 6. The fourth-order valence-electron chi connectivity index (χ4n) is 2.35. The van der Waals surface area contributed by atoms with E-state index in [0.29, 0.717) is 5.56 Å². The predicted octanol–water partition coefficient (Wildman–Crippen LogP) is 2.76. The number of benzene rings is 2. The van der Waals surface area contributed by atoms with Gasteiger partial charge in [0.15, 0.2) is 0 Å². The quantitative estimate of drug-likeness (QED) is 0.589. The standard InChI is InChI=1S/C19H23NO5S/c1-13(2)24-19(21)18(12-20)15-5-4-6-16(11-15)25-26(22,23)17-9-7-14(3)8-10-17/h4-11,13,18H,12,20H2,1-3H3. The summed E-state index contributed by atoms with van der Waals surface area (Å²) in [6.45, 7) is 5.40. The van der Waals surface area contributed by atoms with Crippen LogP contribution in [0.25, 0.3) is 0 Å². The van der Waals surface area contributed by atoms with Gasteiger partial charge in [0.05, 0.1) is 12.0 Å². The molecule has 0 amide bonds. The highest BCUT2D eigenvalue weighted by Gasteiger charge is 2.23. The van der Waals surface area contributed by atoms with Crippen LogP contribution in [0.1, 0.15) is 30.9 Å². The van der Waals surface area contributed by atoms with Gasteiger partial charge in [0.2, 0.25) is 0 Å². The Labute approximate surface area is 154 Å². The van der Waals surface area contributed by atoms with Crippen molar-refractivity contribution in [1.29, 1.82) is 0 Å². The Morgan fingerprint density at radius 1 is 1.12 bits per heavy atom. The Kier molecular flexibility index (Phi) is 6.39. The summed E-state index contributed by atoms with van der Waals surface area (Å²) in [5.41, 5.74) is 7.19. The van der Waals surface area contributed by atoms with Crippen LogP contribution in [-0.4, -0.2) is 27.0 Å². The molecule has 1 atom stereocenters. The second-order valence-electron chi connectivity index (χ2n) is 6.20. The average molecular weight is 377 g/mol. The third kappa shape index (κ3) is 5.06. The summed E-state index contributed by atoms with van der Waals surface area (Å²) >= 11 is 0. The number of hydrogen-bond donors (Lipinski definition) is 1. The summed E-state index contributed by atoms with van der Waals surface area (Å²) < 4.78 is 35.2. The van der Waals surface area contributed by atoms with Crippen molar-refractivity contribution in [2.75, 3.05) is 6.54 Å². The number of aryl methyl sites for hydroxylation is 1. The third-order valence-corrected chi connectivity index (χ3v) is 4.91. The fraction of sp³-hybridized carbons (Fsp3) is 0.316. The molecule has 0 bridgehead atoms. The molecule has 0 spiro atoms. The molecule has 0 aliphatic heterocycles. The highest BCUT2D eigenvalue weighted by atomic mass is 32.2. The second kappa shape index (κ2) is 8.33. The Balaban J connectivity index is 2.25. The molecule has 2 aromatic carbocycles. The lowest BCUT2D eigenvalue weighted by molar-refractivity contribution is -0.149. The molecule has 0 aromatic heterocycles. The zero-order valence-electron chi connectivity index (χ0n) is 15.0. The number of carbonyl (C=O) groups excluding carboxylic acids is 1. The minimum absolute atomic E-state index is 0.0414. The molecule has 2 aromatic rings. The first-order valence-electron chi connectivity index (χ1n) is 8.24. The summed E-state index contributed by atoms with van der Waals surface area (Å²) in [5.74, 6) is -1.04. The molecule has 0 saturated heterocycles. The molecule has 0 saturated carbocycles. The Morgan fingerprint density at radius 3 is 2.35 bits per heavy atom. The zero-order chi connectivity index (χ0) is 19.3. The average Bonchev–Trinajstić information content (AvgIpc) is 2.55. The molecule has 140 valence electrons. The van der Waals surface area contributed by atoms with E-state index in [9.17, 15) is 13.2 Å². The van der Waals surface area contributed by atoms with Gasteiger partial charge in [0.25, 0.3) is 0 Å². The largest absolute Gasteiger partial charge is 0.462 e. The van der Waals surface area contributed by atoms with Crippen LogP contribution in [0.2, 0.25) is 0 Å². The van der Waals surface area contributed by atoms with E-state index in [1.807, 2.05) is 6.92 Å². The second-order valence-corrected chi connectivity index (χ2v) is 7.74. The number of rotatable bonds is 7. The van der Waals surface area contributed by atoms with Crippen LogP contribution in [0.4, 0.5) is 0 Å². The molecule has 0 radical (unpaired) electrons. The van der Waals surface area contributed by atoms with Crippen LogP contribution < -0.4 is 9.92 Å². The van der Waals surface area contributed by atoms with Gasteiger partial charge in [0.1, 0.15) is 10.6 Å². The maximum Gasteiger partial charge on any atom is 0.339 e. The third-order valence-electron chi connectivity index (χ3n) is 3.65. The van der Waals surface area contributed by atoms with Gasteiger partial charge < -0.3 is 14.7 Å². The molecule has 26 heavy (non-hydrogen) atoms. The van der Waals surface area contributed by atoms with Crippen molar-refractivity contribution in [2.24, 2.45) is 5.73 Å². The van der Waals surface area contributed by atoms with E-state index in [0.717, 1.165) is 5.56 Å². The highest BCUT2D eigenvalue weighted by Crippen LogP contribution is 2.25. The molecule has 0 aliphatic rings. The number of ether oxygens (including phenoxy) is 1. The van der Waals surface area contributed by atoms with Gasteiger partial charge in [-0.3, -0.25) is 4.79 Å². The zero-order valence-corrected chi connectivity index (χ0v) is 15.8. The highest BCUT2D eigenvalue weighted by molar-refractivity contribution is 7.87. The Bertz CT molecular complexity index is 860. The van der Waals surface area contributed by atoms with E-state index in [4.69, 9.17) is 14.7 Å². The van der Waals surface area contributed by atoms with Gasteiger partial charge in [-0.05, 0) is 50.6 Å². The van der Waals surface area contributed by atoms with Gasteiger partial charge >= 0.3 is 16.1 Å². The molecular formula is C19H23NO5S. The monoisotopic (exact) mass is 377 g/mol. The van der Waals surface area contributed by atoms with E-state index < -0.39 is 22.0 Å². The lowest BCUT2D eigenvalue weighted by Crippen LogP contribution is -2.26. The van der Waals surface area contributed by atoms with Crippen LogP contribution in [0, 0.1) is 6.92 Å². The molecule has 2 N–H and O–H groups in total. The van der Waals surface area contributed by atoms with Crippen LogP contribution in [0.5, 0.6) is 5.75 Å². The maximum absolute atomic E-state index is 12.4. The Hall–Kier alpha value is -2.38. The first-order chi connectivity index (χ1) is 12.2. The molecule has 7 heteroatoms. The van der Waals surface area contributed by atoms with E-state index >= 15 is 0 Å². The molecule has 0 fully saturated rings. The smallest absolute Gasteiger partial charge is 0.339 e. The predicted molar refractivity (Wildman–Crippen MR) is 98.5 cm³/mol. The topological polar surface area (TPSA) is 95.7 Å². The summed E-state index contributed by atoms with van der Waals surface area (Å²) in [5, 5.41) is 0. The van der Waals surface area contributed by atoms with Crippen LogP contribution in [-0.2, 0) is 19.6 Å². The van der Waals surface area contributed by atoms with Crippen molar-refractivity contribution in [3.8, 4) is 5.75 Å². The van der Waals surface area contributed by atoms with Gasteiger partial charge in [-0.1, -0.05) is 29.8 Å². The first-order valence-corrected chi connectivity index (χ1v) is 9.65. The van der Waals surface area contributed by atoms with E-state index in [-0.39, 0.29) is 23.3 Å². The summed E-state index contributed by atoms with van der Waals surface area (Å²) in [6, 6.07) is 12.7. The summed E-state index contributed by atoms with van der Waals surface area (Å²) in [7, 11) is -3.97. The molecule has 2 rings (SSSR count). The molecule has 0 heterocycles. The van der Waals surface area contributed by atoms with Crippen molar-refractivity contribution >= 4 is 16.1 Å². The lowest BCUT2D eigenvalue weighted by Gasteiger charge is -2.17.